The smallest absolute Gasteiger partial charge is 0.332 e. The van der Waals surface area contributed by atoms with E-state index in [1.54, 1.807) is 0 Å². The highest BCUT2D eigenvalue weighted by Crippen LogP contribution is 2.36. The highest BCUT2D eigenvalue weighted by molar-refractivity contribution is 8.93. The number of anilines is 2. The summed E-state index contributed by atoms with van der Waals surface area (Å²) in [6.07, 6.45) is -3.62. The number of nitrogens with one attached hydrogen (secondary N) is 1. The van der Waals surface area contributed by atoms with Crippen molar-refractivity contribution in [3.05, 3.63) is 75.3 Å². The van der Waals surface area contributed by atoms with Gasteiger partial charge in [0.05, 0.1) is 11.3 Å². The summed E-state index contributed by atoms with van der Waals surface area (Å²) in [4.78, 5) is 5.84. The van der Waals surface area contributed by atoms with Gasteiger partial charge in [-0.25, -0.2) is 4.98 Å². The quantitative estimate of drug-likeness (QED) is 0.388. The molecule has 1 heterocycles. The maximum Gasteiger partial charge on any atom is 0.416 e. The van der Waals surface area contributed by atoms with Crippen LogP contribution in [0, 0.1) is 0 Å². The fraction of sp³-hybridized carbons (Fsp3) is 0.286. The summed E-state index contributed by atoms with van der Waals surface area (Å²) in [6.45, 7) is 6.28. The van der Waals surface area contributed by atoms with Crippen LogP contribution in [0.5, 0.6) is 0 Å². The van der Waals surface area contributed by atoms with E-state index in [0.717, 1.165) is 34.7 Å². The molecule has 8 heteroatoms. The minimum atomic E-state index is -4.34. The van der Waals surface area contributed by atoms with Crippen LogP contribution in [-0.4, -0.2) is 4.98 Å². The van der Waals surface area contributed by atoms with Crippen molar-refractivity contribution in [2.45, 2.75) is 38.8 Å². The molecule has 0 aliphatic carbocycles. The van der Waals surface area contributed by atoms with Gasteiger partial charge in [0, 0.05) is 27.4 Å². The van der Waals surface area contributed by atoms with E-state index in [4.69, 9.17) is 16.6 Å². The van der Waals surface area contributed by atoms with E-state index in [0.29, 0.717) is 15.8 Å². The van der Waals surface area contributed by atoms with Crippen LogP contribution >= 0.6 is 39.9 Å². The van der Waals surface area contributed by atoms with Gasteiger partial charge in [-0.1, -0.05) is 44.5 Å². The van der Waals surface area contributed by atoms with Crippen LogP contribution < -0.4 is 5.32 Å². The van der Waals surface area contributed by atoms with Crippen LogP contribution in [0.2, 0.25) is 5.02 Å². The Kier molecular flexibility index (Phi) is 7.41. The molecular weight excluding hydrogens is 485 g/mol. The molecule has 0 saturated carbocycles. The molecule has 0 radical (unpaired) electrons. The van der Waals surface area contributed by atoms with E-state index < -0.39 is 11.7 Å². The number of rotatable bonds is 4. The lowest BCUT2D eigenvalue weighted by Gasteiger charge is -2.17. The number of hydrogen-bond acceptors (Lipinski definition) is 3. The number of hydrogen-bond donors (Lipinski definition) is 1. The first-order chi connectivity index (χ1) is 13.0. The first kappa shape index (κ1) is 23.7. The average molecular weight is 506 g/mol. The van der Waals surface area contributed by atoms with Gasteiger partial charge in [-0.05, 0) is 42.0 Å². The summed E-state index contributed by atoms with van der Waals surface area (Å²) in [5.41, 5.74) is 1.84. The average Bonchev–Trinajstić information content (AvgIpc) is 2.99. The van der Waals surface area contributed by atoms with Crippen LogP contribution in [0.15, 0.2) is 48.5 Å². The normalized spacial score (nSPS) is 11.8. The van der Waals surface area contributed by atoms with Crippen molar-refractivity contribution in [2.24, 2.45) is 0 Å². The molecule has 156 valence electrons. The van der Waals surface area contributed by atoms with Gasteiger partial charge in [0.25, 0.3) is 0 Å². The Morgan fingerprint density at radius 1 is 0.966 bits per heavy atom. The second-order valence-corrected chi connectivity index (χ2v) is 9.06. The molecule has 2 aromatic carbocycles. The Bertz CT molecular complexity index is 946. The number of benzene rings is 2. The number of halogens is 5. The fourth-order valence-corrected chi connectivity index (χ4v) is 4.12. The van der Waals surface area contributed by atoms with E-state index in [9.17, 15) is 13.2 Å². The Hall–Kier alpha value is -1.57. The summed E-state index contributed by atoms with van der Waals surface area (Å²) < 4.78 is 38.2. The van der Waals surface area contributed by atoms with Gasteiger partial charge < -0.3 is 5.32 Å². The molecule has 0 unspecified atom stereocenters. The third-order valence-electron chi connectivity index (χ3n) is 4.15. The van der Waals surface area contributed by atoms with Crippen molar-refractivity contribution >= 4 is 50.7 Å². The van der Waals surface area contributed by atoms with Crippen molar-refractivity contribution in [1.29, 1.82) is 0 Å². The van der Waals surface area contributed by atoms with E-state index in [1.807, 2.05) is 24.3 Å². The zero-order valence-corrected chi connectivity index (χ0v) is 19.4. The molecule has 3 rings (SSSR count). The second kappa shape index (κ2) is 9.06. The second-order valence-electron chi connectivity index (χ2n) is 7.54. The Morgan fingerprint density at radius 3 is 2.07 bits per heavy atom. The molecule has 0 spiro atoms. The number of nitrogens with zero attached hydrogens (tertiary/aromatic N) is 1. The summed E-state index contributed by atoms with van der Waals surface area (Å²) in [7, 11) is 0. The van der Waals surface area contributed by atoms with Crippen LogP contribution in [0.25, 0.3) is 0 Å². The molecule has 3 aromatic rings. The van der Waals surface area contributed by atoms with E-state index in [-0.39, 0.29) is 22.4 Å². The molecular formula is C21H21BrClF3N2S. The largest absolute Gasteiger partial charge is 0.416 e. The standard InChI is InChI=1S/C21H20ClF3N2S.BrH/c1-20(2,3)18-17(12-13-4-8-15(22)9-5-13)28-19(27-18)26-16-10-6-14(7-11-16)21(23,24)25;/h4-11H,12H2,1-3H3,(H,26,27);1H. The lowest BCUT2D eigenvalue weighted by molar-refractivity contribution is -0.137. The lowest BCUT2D eigenvalue weighted by Crippen LogP contribution is -2.14. The Morgan fingerprint density at radius 2 is 1.55 bits per heavy atom. The predicted molar refractivity (Wildman–Crippen MR) is 120 cm³/mol. The van der Waals surface area contributed by atoms with Gasteiger partial charge in [0.2, 0.25) is 0 Å². The topological polar surface area (TPSA) is 24.9 Å². The van der Waals surface area contributed by atoms with E-state index >= 15 is 0 Å². The third kappa shape index (κ3) is 6.20. The first-order valence-electron chi connectivity index (χ1n) is 8.71. The summed E-state index contributed by atoms with van der Waals surface area (Å²) >= 11 is 7.47. The molecule has 0 atom stereocenters. The SMILES string of the molecule is Br.CC(C)(C)c1nc(Nc2ccc(C(F)(F)F)cc2)sc1Cc1ccc(Cl)cc1. The van der Waals surface area contributed by atoms with Crippen LogP contribution in [0.1, 0.15) is 42.5 Å². The highest BCUT2D eigenvalue weighted by atomic mass is 79.9. The third-order valence-corrected chi connectivity index (χ3v) is 5.37. The highest BCUT2D eigenvalue weighted by Gasteiger charge is 2.30. The molecule has 0 bridgehead atoms. The van der Waals surface area contributed by atoms with E-state index in [2.05, 4.69) is 26.1 Å². The summed E-state index contributed by atoms with van der Waals surface area (Å²) in [6, 6.07) is 12.6. The van der Waals surface area contributed by atoms with Gasteiger partial charge in [-0.3, -0.25) is 0 Å². The number of alkyl halides is 3. The zero-order chi connectivity index (χ0) is 20.5. The molecule has 0 fully saturated rings. The minimum absolute atomic E-state index is 0. The molecule has 29 heavy (non-hydrogen) atoms. The number of thiazole rings is 1. The monoisotopic (exact) mass is 504 g/mol. The molecule has 0 aliphatic rings. The fourth-order valence-electron chi connectivity index (χ4n) is 2.76. The van der Waals surface area contributed by atoms with Gasteiger partial charge in [0.1, 0.15) is 0 Å². The summed E-state index contributed by atoms with van der Waals surface area (Å²) in [5.74, 6) is 0. The van der Waals surface area contributed by atoms with Gasteiger partial charge in [-0.2, -0.15) is 13.2 Å². The molecule has 1 N–H and O–H groups in total. The molecule has 0 saturated heterocycles. The van der Waals surface area contributed by atoms with Crippen molar-refractivity contribution in [3.8, 4) is 0 Å². The van der Waals surface area contributed by atoms with Crippen molar-refractivity contribution in [2.75, 3.05) is 5.32 Å². The predicted octanol–water partition coefficient (Wildman–Crippen LogP) is 8.03. The van der Waals surface area contributed by atoms with Crippen LogP contribution in [-0.2, 0) is 18.0 Å². The lowest BCUT2D eigenvalue weighted by atomic mass is 9.90. The van der Waals surface area contributed by atoms with E-state index in [1.165, 1.54) is 23.5 Å². The van der Waals surface area contributed by atoms with Crippen molar-refractivity contribution in [3.63, 3.8) is 0 Å². The maximum absolute atomic E-state index is 12.7. The van der Waals surface area contributed by atoms with Crippen LogP contribution in [0.3, 0.4) is 0 Å². The molecule has 2 nitrogen and oxygen atoms in total. The van der Waals surface area contributed by atoms with Crippen molar-refractivity contribution in [1.82, 2.24) is 4.98 Å². The molecule has 0 aliphatic heterocycles. The molecule has 1 aromatic heterocycles. The van der Waals surface area contributed by atoms with Gasteiger partial charge in [0.15, 0.2) is 5.13 Å². The zero-order valence-electron chi connectivity index (χ0n) is 16.1. The number of aromatic nitrogens is 1. The molecule has 0 amide bonds. The van der Waals surface area contributed by atoms with Crippen molar-refractivity contribution < 1.29 is 13.2 Å². The van der Waals surface area contributed by atoms with Crippen LogP contribution in [0.4, 0.5) is 24.0 Å². The minimum Gasteiger partial charge on any atom is -0.332 e. The summed E-state index contributed by atoms with van der Waals surface area (Å²) in [5, 5.41) is 4.48. The maximum atomic E-state index is 12.7. The first-order valence-corrected chi connectivity index (χ1v) is 9.91. The van der Waals surface area contributed by atoms with Gasteiger partial charge in [-0.15, -0.1) is 28.3 Å². The Balaban J connectivity index is 0.00000300. The Labute approximate surface area is 187 Å². The van der Waals surface area contributed by atoms with Gasteiger partial charge >= 0.3 is 6.18 Å².